The van der Waals surface area contributed by atoms with E-state index >= 15 is 0 Å². The molecule has 0 heterocycles. The zero-order chi connectivity index (χ0) is 15.9. The summed E-state index contributed by atoms with van der Waals surface area (Å²) in [5, 5.41) is 0. The largest absolute Gasteiger partial charge is 0.469 e. The molecule has 0 bridgehead atoms. The molecular weight excluding hydrogens is 310 g/mol. The van der Waals surface area contributed by atoms with Crippen molar-refractivity contribution in [1.82, 2.24) is 0 Å². The fraction of sp³-hybridized carbons (Fsp3) is 0.316. The van der Waals surface area contributed by atoms with Crippen molar-refractivity contribution in [3.63, 3.8) is 0 Å². The summed E-state index contributed by atoms with van der Waals surface area (Å²) in [6.07, 6.45) is 0.921. The van der Waals surface area contributed by atoms with E-state index in [0.717, 1.165) is 12.0 Å². The Labute approximate surface area is 143 Å². The topological polar surface area (TPSA) is 52.3 Å². The lowest BCUT2D eigenvalue weighted by Gasteiger charge is -2.29. The average molecular weight is 332 g/mol. The SMILES string of the molecule is COC(=O)C(C)(C)[C@H](N)c1ccc2c(c1)Cc1ccccc1-2.Cl. The van der Waals surface area contributed by atoms with Crippen LogP contribution in [0.2, 0.25) is 0 Å². The quantitative estimate of drug-likeness (QED) is 0.741. The van der Waals surface area contributed by atoms with Crippen LogP contribution < -0.4 is 5.73 Å². The Morgan fingerprint density at radius 3 is 2.48 bits per heavy atom. The van der Waals surface area contributed by atoms with Gasteiger partial charge in [-0.2, -0.15) is 0 Å². The second-order valence-electron chi connectivity index (χ2n) is 6.44. The number of esters is 1. The fourth-order valence-electron chi connectivity index (χ4n) is 3.17. The predicted molar refractivity (Wildman–Crippen MR) is 94.7 cm³/mol. The van der Waals surface area contributed by atoms with Gasteiger partial charge in [0.05, 0.1) is 12.5 Å². The van der Waals surface area contributed by atoms with Crippen LogP contribution >= 0.6 is 12.4 Å². The van der Waals surface area contributed by atoms with Gasteiger partial charge in [-0.15, -0.1) is 12.4 Å². The lowest BCUT2D eigenvalue weighted by atomic mass is 9.80. The smallest absolute Gasteiger partial charge is 0.313 e. The molecular formula is C19H22ClNO2. The van der Waals surface area contributed by atoms with E-state index in [1.54, 1.807) is 0 Å². The number of halogens is 1. The van der Waals surface area contributed by atoms with Gasteiger partial charge >= 0.3 is 5.97 Å². The Morgan fingerprint density at radius 1 is 1.13 bits per heavy atom. The third-order valence-electron chi connectivity index (χ3n) is 4.67. The maximum Gasteiger partial charge on any atom is 0.313 e. The Bertz CT molecular complexity index is 740. The minimum Gasteiger partial charge on any atom is -0.469 e. The number of carbonyl (C=O) groups excluding carboxylic acids is 1. The van der Waals surface area contributed by atoms with Gasteiger partial charge in [0.2, 0.25) is 0 Å². The van der Waals surface area contributed by atoms with Gasteiger partial charge in [-0.25, -0.2) is 0 Å². The van der Waals surface area contributed by atoms with Gasteiger partial charge in [-0.1, -0.05) is 42.5 Å². The van der Waals surface area contributed by atoms with Crippen LogP contribution in [-0.2, 0) is 16.0 Å². The van der Waals surface area contributed by atoms with E-state index in [-0.39, 0.29) is 18.4 Å². The molecule has 0 spiro atoms. The lowest BCUT2D eigenvalue weighted by molar-refractivity contribution is -0.152. The third-order valence-corrected chi connectivity index (χ3v) is 4.67. The Balaban J connectivity index is 0.00000192. The Kier molecular flexibility index (Phi) is 4.83. The maximum atomic E-state index is 12.0. The van der Waals surface area contributed by atoms with Gasteiger partial charge in [-0.3, -0.25) is 4.79 Å². The molecule has 4 heteroatoms. The number of fused-ring (bicyclic) bond motifs is 3. The summed E-state index contributed by atoms with van der Waals surface area (Å²) in [6.45, 7) is 3.65. The van der Waals surface area contributed by atoms with E-state index in [0.29, 0.717) is 0 Å². The predicted octanol–water partition coefficient (Wildman–Crippen LogP) is 3.88. The second-order valence-corrected chi connectivity index (χ2v) is 6.44. The number of hydrogen-bond donors (Lipinski definition) is 1. The minimum absolute atomic E-state index is 0. The summed E-state index contributed by atoms with van der Waals surface area (Å²) in [5.74, 6) is -0.288. The van der Waals surface area contributed by atoms with Crippen molar-refractivity contribution in [2.75, 3.05) is 7.11 Å². The van der Waals surface area contributed by atoms with Gasteiger partial charge in [0.15, 0.2) is 0 Å². The molecule has 2 aromatic rings. The molecule has 0 unspecified atom stereocenters. The first-order valence-electron chi connectivity index (χ1n) is 7.50. The summed E-state index contributed by atoms with van der Waals surface area (Å²) < 4.78 is 4.88. The highest BCUT2D eigenvalue weighted by Gasteiger charge is 2.37. The van der Waals surface area contributed by atoms with E-state index in [4.69, 9.17) is 10.5 Å². The summed E-state index contributed by atoms with van der Waals surface area (Å²) in [6, 6.07) is 14.3. The first-order valence-corrected chi connectivity index (χ1v) is 7.50. The molecule has 2 N–H and O–H groups in total. The van der Waals surface area contributed by atoms with Gasteiger partial charge < -0.3 is 10.5 Å². The lowest BCUT2D eigenvalue weighted by Crippen LogP contribution is -2.37. The number of benzene rings is 2. The highest BCUT2D eigenvalue weighted by molar-refractivity contribution is 5.85. The molecule has 0 aliphatic heterocycles. The van der Waals surface area contributed by atoms with Crippen molar-refractivity contribution < 1.29 is 9.53 Å². The normalized spacial score (nSPS) is 13.6. The molecule has 0 amide bonds. The van der Waals surface area contributed by atoms with Crippen LogP contribution in [0.25, 0.3) is 11.1 Å². The molecule has 1 aliphatic rings. The molecule has 1 aliphatic carbocycles. The Hall–Kier alpha value is -1.84. The number of hydrogen-bond acceptors (Lipinski definition) is 3. The molecule has 0 saturated heterocycles. The average Bonchev–Trinajstić information content (AvgIpc) is 2.90. The van der Waals surface area contributed by atoms with Gasteiger partial charge in [0.25, 0.3) is 0 Å². The van der Waals surface area contributed by atoms with Crippen LogP contribution in [0.3, 0.4) is 0 Å². The van der Waals surface area contributed by atoms with Crippen LogP contribution in [0.4, 0.5) is 0 Å². The molecule has 0 fully saturated rings. The van der Waals surface area contributed by atoms with Crippen molar-refractivity contribution in [3.8, 4) is 11.1 Å². The van der Waals surface area contributed by atoms with Crippen LogP contribution in [0.5, 0.6) is 0 Å². The number of methoxy groups -OCH3 is 1. The molecule has 0 aromatic heterocycles. The fourth-order valence-corrected chi connectivity index (χ4v) is 3.17. The highest BCUT2D eigenvalue weighted by Crippen LogP contribution is 2.39. The van der Waals surface area contributed by atoms with E-state index in [2.05, 4.69) is 36.4 Å². The van der Waals surface area contributed by atoms with Crippen molar-refractivity contribution >= 4 is 18.4 Å². The summed E-state index contributed by atoms with van der Waals surface area (Å²) in [5.41, 5.74) is 11.7. The van der Waals surface area contributed by atoms with Crippen LogP contribution in [-0.4, -0.2) is 13.1 Å². The molecule has 122 valence electrons. The van der Waals surface area contributed by atoms with Crippen molar-refractivity contribution in [2.24, 2.45) is 11.1 Å². The summed E-state index contributed by atoms with van der Waals surface area (Å²) >= 11 is 0. The molecule has 2 aromatic carbocycles. The molecule has 0 radical (unpaired) electrons. The summed E-state index contributed by atoms with van der Waals surface area (Å²) in [7, 11) is 1.40. The molecule has 0 saturated carbocycles. The standard InChI is InChI=1S/C19H21NO2.ClH/c1-19(2,18(21)22-3)17(20)13-8-9-16-14(11-13)10-12-6-4-5-7-15(12)16;/h4-9,11,17H,10,20H2,1-3H3;1H/t17-;/m1./s1. The van der Waals surface area contributed by atoms with Crippen molar-refractivity contribution in [3.05, 3.63) is 59.2 Å². The van der Waals surface area contributed by atoms with Crippen LogP contribution in [0.1, 0.15) is 36.6 Å². The zero-order valence-corrected chi connectivity index (χ0v) is 14.4. The van der Waals surface area contributed by atoms with Crippen LogP contribution in [0, 0.1) is 5.41 Å². The second kappa shape index (κ2) is 6.34. The molecule has 3 nitrogen and oxygen atoms in total. The minimum atomic E-state index is -0.756. The van der Waals surface area contributed by atoms with E-state index in [9.17, 15) is 4.79 Å². The molecule has 3 rings (SSSR count). The van der Waals surface area contributed by atoms with Gasteiger partial charge in [0.1, 0.15) is 0 Å². The Morgan fingerprint density at radius 2 is 1.78 bits per heavy atom. The molecule has 23 heavy (non-hydrogen) atoms. The van der Waals surface area contributed by atoms with E-state index in [1.165, 1.54) is 29.4 Å². The monoisotopic (exact) mass is 331 g/mol. The van der Waals surface area contributed by atoms with Gasteiger partial charge in [-0.05, 0) is 48.1 Å². The van der Waals surface area contributed by atoms with Crippen molar-refractivity contribution in [2.45, 2.75) is 26.3 Å². The number of nitrogens with two attached hydrogens (primary N) is 1. The first-order chi connectivity index (χ1) is 10.4. The number of carbonyl (C=O) groups is 1. The molecule has 1 atom stereocenters. The van der Waals surface area contributed by atoms with Gasteiger partial charge in [0, 0.05) is 6.04 Å². The van der Waals surface area contributed by atoms with E-state index in [1.807, 2.05) is 19.9 Å². The summed E-state index contributed by atoms with van der Waals surface area (Å²) in [4.78, 5) is 12.0. The number of ether oxygens (including phenoxy) is 1. The zero-order valence-electron chi connectivity index (χ0n) is 13.6. The van der Waals surface area contributed by atoms with E-state index < -0.39 is 11.5 Å². The van der Waals surface area contributed by atoms with Crippen molar-refractivity contribution in [1.29, 1.82) is 0 Å². The maximum absolute atomic E-state index is 12.0. The third kappa shape index (κ3) is 2.87. The first kappa shape index (κ1) is 17.5. The number of rotatable bonds is 3. The van der Waals surface area contributed by atoms with Crippen LogP contribution in [0.15, 0.2) is 42.5 Å². The highest BCUT2D eigenvalue weighted by atomic mass is 35.5.